The summed E-state index contributed by atoms with van der Waals surface area (Å²) >= 11 is 0. The summed E-state index contributed by atoms with van der Waals surface area (Å²) in [6.45, 7) is 0. The molecule has 0 saturated heterocycles. The highest BCUT2D eigenvalue weighted by Gasteiger charge is 1.60. The van der Waals surface area contributed by atoms with Crippen molar-refractivity contribution in [2.45, 2.75) is 0 Å². The Kier molecular flexibility index (Phi) is 5.17. The second kappa shape index (κ2) is 5.95. The molecule has 8 heavy (non-hydrogen) atoms. The average molecular weight is 112 g/mol. The number of carbonyl (C=O) groups is 1. The normalized spacial score (nSPS) is 10.6. The average Bonchev–Trinajstić information content (AvgIpc) is 1.81. The van der Waals surface area contributed by atoms with Crippen molar-refractivity contribution in [1.82, 2.24) is 0 Å². The lowest BCUT2D eigenvalue weighted by atomic mass is 10.5. The molecule has 0 aromatic heterocycles. The number of rotatable bonds is 3. The largest absolute Gasteiger partial charge is 0.504 e. The second-order valence-corrected chi connectivity index (χ2v) is 1.09. The topological polar surface area (TPSA) is 26.3 Å². The van der Waals surface area contributed by atoms with Gasteiger partial charge in [-0.05, 0) is 12.2 Å². The Bertz CT molecular complexity index is 103. The molecule has 0 atom stereocenters. The molecular formula is C6H8O2. The van der Waals surface area contributed by atoms with Crippen LogP contribution in [-0.2, 0) is 9.53 Å². The zero-order valence-corrected chi connectivity index (χ0v) is 4.70. The van der Waals surface area contributed by atoms with Crippen LogP contribution < -0.4 is 0 Å². The fourth-order valence-corrected chi connectivity index (χ4v) is 0.233. The predicted octanol–water partition coefficient (Wildman–Crippen LogP) is 0.902. The maximum Gasteiger partial charge on any atom is 0.142 e. The predicted molar refractivity (Wildman–Crippen MR) is 31.4 cm³/mol. The van der Waals surface area contributed by atoms with Crippen LogP contribution in [0, 0.1) is 0 Å². The van der Waals surface area contributed by atoms with Crippen molar-refractivity contribution < 1.29 is 9.53 Å². The first-order valence-electron chi connectivity index (χ1n) is 2.21. The Balaban J connectivity index is 3.26. The first-order valence-corrected chi connectivity index (χ1v) is 2.21. The molecule has 0 spiro atoms. The van der Waals surface area contributed by atoms with Gasteiger partial charge in [-0.2, -0.15) is 0 Å². The molecule has 0 aromatic rings. The number of methoxy groups -OCH3 is 1. The van der Waals surface area contributed by atoms with Gasteiger partial charge in [-0.25, -0.2) is 0 Å². The molecule has 44 valence electrons. The van der Waals surface area contributed by atoms with Gasteiger partial charge in [0.1, 0.15) is 6.29 Å². The molecule has 0 fully saturated rings. The van der Waals surface area contributed by atoms with Crippen LogP contribution >= 0.6 is 0 Å². The lowest BCUT2D eigenvalue weighted by Gasteiger charge is -1.78. The van der Waals surface area contributed by atoms with Gasteiger partial charge >= 0.3 is 0 Å². The van der Waals surface area contributed by atoms with Gasteiger partial charge in [0.25, 0.3) is 0 Å². The number of aldehydes is 1. The summed E-state index contributed by atoms with van der Waals surface area (Å²) < 4.78 is 4.54. The van der Waals surface area contributed by atoms with E-state index in [9.17, 15) is 4.79 Å². The van der Waals surface area contributed by atoms with Gasteiger partial charge in [-0.1, -0.05) is 6.08 Å². The summed E-state index contributed by atoms with van der Waals surface area (Å²) in [6, 6.07) is 0. The van der Waals surface area contributed by atoms with Crippen LogP contribution in [0.5, 0.6) is 0 Å². The molecule has 0 aliphatic heterocycles. The van der Waals surface area contributed by atoms with E-state index in [0.29, 0.717) is 6.29 Å². The molecule has 0 aliphatic carbocycles. The Morgan fingerprint density at radius 1 is 1.25 bits per heavy atom. The quantitative estimate of drug-likeness (QED) is 0.235. The van der Waals surface area contributed by atoms with Crippen molar-refractivity contribution in [3.05, 3.63) is 24.5 Å². The molecule has 0 rings (SSSR count). The third kappa shape index (κ3) is 4.95. The molecule has 2 nitrogen and oxygen atoms in total. The maximum atomic E-state index is 9.61. The lowest BCUT2D eigenvalue weighted by molar-refractivity contribution is -0.104. The minimum Gasteiger partial charge on any atom is -0.504 e. The molecule has 0 radical (unpaired) electrons. The van der Waals surface area contributed by atoms with E-state index in [0.717, 1.165) is 0 Å². The van der Waals surface area contributed by atoms with Crippen molar-refractivity contribution in [2.75, 3.05) is 7.11 Å². The van der Waals surface area contributed by atoms with Crippen LogP contribution in [0.2, 0.25) is 0 Å². The van der Waals surface area contributed by atoms with Crippen molar-refractivity contribution in [1.29, 1.82) is 0 Å². The van der Waals surface area contributed by atoms with E-state index in [1.54, 1.807) is 19.3 Å². The molecule has 0 saturated carbocycles. The van der Waals surface area contributed by atoms with Crippen LogP contribution in [0.4, 0.5) is 0 Å². The van der Waals surface area contributed by atoms with E-state index in [1.165, 1.54) is 12.3 Å². The van der Waals surface area contributed by atoms with E-state index in [1.807, 2.05) is 0 Å². The summed E-state index contributed by atoms with van der Waals surface area (Å²) in [5.74, 6) is 0. The standard InChI is InChI=1S/C6H8O2/c1-8-6-4-2-3-5-7/h2-6H,1H3/b3-2?,6-4-. The molecule has 0 aromatic carbocycles. The Morgan fingerprint density at radius 3 is 2.50 bits per heavy atom. The Hall–Kier alpha value is -1.05. The van der Waals surface area contributed by atoms with E-state index in [-0.39, 0.29) is 0 Å². The summed E-state index contributed by atoms with van der Waals surface area (Å²) in [6.07, 6.45) is 6.81. The minimum atomic E-state index is 0.708. The van der Waals surface area contributed by atoms with Gasteiger partial charge in [0.2, 0.25) is 0 Å². The number of carbonyl (C=O) groups excluding carboxylic acids is 1. The molecular weight excluding hydrogens is 104 g/mol. The molecule has 0 unspecified atom stereocenters. The van der Waals surface area contributed by atoms with Gasteiger partial charge in [-0.3, -0.25) is 4.79 Å². The van der Waals surface area contributed by atoms with Gasteiger partial charge in [0.15, 0.2) is 0 Å². The fourth-order valence-electron chi connectivity index (χ4n) is 0.233. The summed E-state index contributed by atoms with van der Waals surface area (Å²) in [5.41, 5.74) is 0. The number of hydrogen-bond acceptors (Lipinski definition) is 2. The van der Waals surface area contributed by atoms with Gasteiger partial charge in [-0.15, -0.1) is 0 Å². The van der Waals surface area contributed by atoms with Crippen molar-refractivity contribution in [3.63, 3.8) is 0 Å². The summed E-state index contributed by atoms with van der Waals surface area (Å²) in [4.78, 5) is 9.61. The highest BCUT2D eigenvalue weighted by atomic mass is 16.5. The number of hydrogen-bond donors (Lipinski definition) is 0. The molecule has 2 heteroatoms. The Labute approximate surface area is 48.5 Å². The van der Waals surface area contributed by atoms with Crippen molar-refractivity contribution in [2.24, 2.45) is 0 Å². The molecule has 0 amide bonds. The van der Waals surface area contributed by atoms with E-state index in [2.05, 4.69) is 4.74 Å². The SMILES string of the molecule is CO/C=C\C=CC=O. The monoisotopic (exact) mass is 112 g/mol. The zero-order valence-electron chi connectivity index (χ0n) is 4.70. The first-order chi connectivity index (χ1) is 3.91. The van der Waals surface area contributed by atoms with Crippen LogP contribution in [0.1, 0.15) is 0 Å². The molecule has 0 bridgehead atoms. The van der Waals surface area contributed by atoms with Crippen LogP contribution in [0.15, 0.2) is 24.5 Å². The first kappa shape index (κ1) is 6.95. The molecule has 0 N–H and O–H groups in total. The maximum absolute atomic E-state index is 9.61. The molecule has 0 aliphatic rings. The van der Waals surface area contributed by atoms with Gasteiger partial charge in [0.05, 0.1) is 13.4 Å². The van der Waals surface area contributed by atoms with E-state index >= 15 is 0 Å². The van der Waals surface area contributed by atoms with Gasteiger partial charge < -0.3 is 4.74 Å². The zero-order chi connectivity index (χ0) is 6.24. The minimum absolute atomic E-state index is 0.708. The third-order valence-corrected chi connectivity index (χ3v) is 0.515. The second-order valence-electron chi connectivity index (χ2n) is 1.09. The van der Waals surface area contributed by atoms with Crippen molar-refractivity contribution in [3.8, 4) is 0 Å². The smallest absolute Gasteiger partial charge is 0.142 e. The van der Waals surface area contributed by atoms with Gasteiger partial charge in [0, 0.05) is 0 Å². The Morgan fingerprint density at radius 2 is 2.00 bits per heavy atom. The highest BCUT2D eigenvalue weighted by molar-refractivity contribution is 5.65. The summed E-state index contributed by atoms with van der Waals surface area (Å²) in [5, 5.41) is 0. The highest BCUT2D eigenvalue weighted by Crippen LogP contribution is 1.73. The van der Waals surface area contributed by atoms with E-state index < -0.39 is 0 Å². The fraction of sp³-hybridized carbons (Fsp3) is 0.167. The number of ether oxygens (including phenoxy) is 1. The van der Waals surface area contributed by atoms with Crippen molar-refractivity contribution >= 4 is 6.29 Å². The van der Waals surface area contributed by atoms with Crippen LogP contribution in [0.3, 0.4) is 0 Å². The van der Waals surface area contributed by atoms with Crippen LogP contribution in [0.25, 0.3) is 0 Å². The van der Waals surface area contributed by atoms with Crippen LogP contribution in [-0.4, -0.2) is 13.4 Å². The number of allylic oxidation sites excluding steroid dienone is 3. The molecule has 0 heterocycles. The van der Waals surface area contributed by atoms with E-state index in [4.69, 9.17) is 0 Å². The lowest BCUT2D eigenvalue weighted by Crippen LogP contribution is -1.61. The third-order valence-electron chi connectivity index (χ3n) is 0.515. The summed E-state index contributed by atoms with van der Waals surface area (Å²) in [7, 11) is 1.55.